The van der Waals surface area contributed by atoms with Gasteiger partial charge in [-0.05, 0) is 37.0 Å². The van der Waals surface area contributed by atoms with E-state index in [9.17, 15) is 9.59 Å². The van der Waals surface area contributed by atoms with E-state index in [-0.39, 0.29) is 36.4 Å². The summed E-state index contributed by atoms with van der Waals surface area (Å²) in [5.41, 5.74) is 2.30. The molecule has 0 fully saturated rings. The van der Waals surface area contributed by atoms with Gasteiger partial charge in [-0.1, -0.05) is 26.0 Å². The first kappa shape index (κ1) is 19.5. The molecule has 1 heterocycles. The second kappa shape index (κ2) is 8.51. The largest absolute Gasteiger partial charge is 0.483 e. The van der Waals surface area contributed by atoms with Gasteiger partial charge >= 0.3 is 5.97 Å². The Morgan fingerprint density at radius 3 is 2.69 bits per heavy atom. The van der Waals surface area contributed by atoms with Crippen molar-refractivity contribution >= 4 is 17.7 Å². The first-order valence-electron chi connectivity index (χ1n) is 8.55. The molecule has 0 unspecified atom stereocenters. The zero-order valence-electron chi connectivity index (χ0n) is 15.8. The van der Waals surface area contributed by atoms with E-state index in [0.717, 1.165) is 11.1 Å². The van der Waals surface area contributed by atoms with Crippen molar-refractivity contribution in [2.24, 2.45) is 7.05 Å². The van der Waals surface area contributed by atoms with E-state index in [2.05, 4.69) is 24.3 Å². The zero-order valence-corrected chi connectivity index (χ0v) is 15.8. The molecule has 2 rings (SSSR count). The lowest BCUT2D eigenvalue weighted by Gasteiger charge is -2.15. The molecule has 0 radical (unpaired) electrons. The molecule has 0 atom stereocenters. The van der Waals surface area contributed by atoms with E-state index < -0.39 is 5.97 Å². The molecule has 0 bridgehead atoms. The molecule has 1 N–H and O–H groups in total. The van der Waals surface area contributed by atoms with Crippen molar-refractivity contribution in [3.8, 4) is 5.75 Å². The number of anilines is 1. The molecule has 0 saturated carbocycles. The van der Waals surface area contributed by atoms with Crippen LogP contribution in [0.25, 0.3) is 0 Å². The van der Waals surface area contributed by atoms with Crippen molar-refractivity contribution in [3.63, 3.8) is 0 Å². The third-order valence-electron chi connectivity index (χ3n) is 3.84. The normalized spacial score (nSPS) is 10.7. The van der Waals surface area contributed by atoms with Gasteiger partial charge in [0.15, 0.2) is 6.61 Å². The van der Waals surface area contributed by atoms with Gasteiger partial charge in [-0.15, -0.1) is 0 Å². The number of rotatable bonds is 7. The predicted molar refractivity (Wildman–Crippen MR) is 98.6 cm³/mol. The minimum Gasteiger partial charge on any atom is -0.483 e. The van der Waals surface area contributed by atoms with Gasteiger partial charge in [0, 0.05) is 7.05 Å². The van der Waals surface area contributed by atoms with Crippen LogP contribution in [0.2, 0.25) is 0 Å². The summed E-state index contributed by atoms with van der Waals surface area (Å²) in [6, 6.07) is 5.94. The van der Waals surface area contributed by atoms with Crippen LogP contribution in [0.4, 0.5) is 5.82 Å². The third-order valence-corrected chi connectivity index (χ3v) is 3.84. The van der Waals surface area contributed by atoms with Crippen molar-refractivity contribution in [2.75, 3.05) is 18.5 Å². The van der Waals surface area contributed by atoms with Crippen LogP contribution in [0, 0.1) is 6.92 Å². The maximum Gasteiger partial charge on any atom is 0.343 e. The fourth-order valence-electron chi connectivity index (χ4n) is 2.50. The van der Waals surface area contributed by atoms with Crippen LogP contribution in [-0.4, -0.2) is 34.9 Å². The molecule has 1 aromatic heterocycles. The van der Waals surface area contributed by atoms with Crippen molar-refractivity contribution in [1.82, 2.24) is 9.78 Å². The molecule has 0 aliphatic rings. The maximum absolute atomic E-state index is 12.3. The molecule has 1 aromatic carbocycles. The number of aryl methyl sites for hydroxylation is 2. The van der Waals surface area contributed by atoms with Gasteiger partial charge in [0.1, 0.15) is 17.1 Å². The summed E-state index contributed by atoms with van der Waals surface area (Å²) in [6.45, 7) is 7.90. The van der Waals surface area contributed by atoms with Crippen LogP contribution in [-0.2, 0) is 16.6 Å². The Labute approximate surface area is 153 Å². The zero-order chi connectivity index (χ0) is 19.3. The number of nitrogens with one attached hydrogen (secondary N) is 1. The summed E-state index contributed by atoms with van der Waals surface area (Å²) in [5, 5.41) is 6.67. The van der Waals surface area contributed by atoms with Gasteiger partial charge in [0.25, 0.3) is 5.91 Å². The van der Waals surface area contributed by atoms with Crippen molar-refractivity contribution in [2.45, 2.75) is 33.6 Å². The Balaban J connectivity index is 2.08. The fraction of sp³-hybridized carbons (Fsp3) is 0.421. The summed E-state index contributed by atoms with van der Waals surface area (Å²) in [4.78, 5) is 24.2. The topological polar surface area (TPSA) is 82.5 Å². The van der Waals surface area contributed by atoms with Crippen LogP contribution in [0.3, 0.4) is 0 Å². The van der Waals surface area contributed by atoms with Gasteiger partial charge in [-0.3, -0.25) is 9.48 Å². The van der Waals surface area contributed by atoms with Gasteiger partial charge in [-0.25, -0.2) is 4.79 Å². The monoisotopic (exact) mass is 359 g/mol. The number of nitrogens with zero attached hydrogens (tertiary/aromatic N) is 2. The van der Waals surface area contributed by atoms with Crippen molar-refractivity contribution in [1.29, 1.82) is 0 Å². The van der Waals surface area contributed by atoms with Gasteiger partial charge in [0.05, 0.1) is 12.8 Å². The Hall–Kier alpha value is -2.83. The number of carbonyl (C=O) groups excluding carboxylic acids is 2. The lowest BCUT2D eigenvalue weighted by molar-refractivity contribution is -0.118. The number of benzene rings is 1. The molecule has 0 spiro atoms. The summed E-state index contributed by atoms with van der Waals surface area (Å²) in [6.07, 6.45) is 1.37. The van der Waals surface area contributed by atoms with Crippen molar-refractivity contribution < 1.29 is 19.1 Å². The summed E-state index contributed by atoms with van der Waals surface area (Å²) in [7, 11) is 1.64. The number of esters is 1. The number of carbonyl (C=O) groups is 2. The predicted octanol–water partition coefficient (Wildman–Crippen LogP) is 3.05. The molecule has 1 amide bonds. The summed E-state index contributed by atoms with van der Waals surface area (Å²) < 4.78 is 12.1. The van der Waals surface area contributed by atoms with Gasteiger partial charge in [-0.2, -0.15) is 5.10 Å². The lowest BCUT2D eigenvalue weighted by atomic mass is 10.0. The Morgan fingerprint density at radius 2 is 2.04 bits per heavy atom. The molecule has 140 valence electrons. The molecule has 0 aliphatic carbocycles. The average molecular weight is 359 g/mol. The number of amides is 1. The van der Waals surface area contributed by atoms with Crippen LogP contribution >= 0.6 is 0 Å². The van der Waals surface area contributed by atoms with Crippen LogP contribution < -0.4 is 10.1 Å². The average Bonchev–Trinajstić information content (AvgIpc) is 2.94. The molecule has 7 nitrogen and oxygen atoms in total. The lowest BCUT2D eigenvalue weighted by Crippen LogP contribution is -2.23. The standard InChI is InChI=1S/C19H25N3O4/c1-6-25-19(24)15-10-20-22(5)18(15)21-17(23)11-26-16-9-13(4)7-8-14(16)12(2)3/h7-10,12H,6,11H2,1-5H3,(H,21,23). The highest BCUT2D eigenvalue weighted by Crippen LogP contribution is 2.27. The molecule has 0 aliphatic heterocycles. The first-order valence-corrected chi connectivity index (χ1v) is 8.55. The van der Waals surface area contributed by atoms with Gasteiger partial charge in [0.2, 0.25) is 0 Å². The number of hydrogen-bond donors (Lipinski definition) is 1. The molecule has 26 heavy (non-hydrogen) atoms. The van der Waals surface area contributed by atoms with Crippen molar-refractivity contribution in [3.05, 3.63) is 41.1 Å². The van der Waals surface area contributed by atoms with E-state index in [4.69, 9.17) is 9.47 Å². The second-order valence-corrected chi connectivity index (χ2v) is 6.28. The van der Waals surface area contributed by atoms with E-state index in [1.54, 1.807) is 14.0 Å². The highest BCUT2D eigenvalue weighted by atomic mass is 16.5. The second-order valence-electron chi connectivity index (χ2n) is 6.28. The van der Waals surface area contributed by atoms with Crippen LogP contribution in [0.1, 0.15) is 48.2 Å². The van der Waals surface area contributed by atoms with E-state index in [1.807, 2.05) is 25.1 Å². The quantitative estimate of drug-likeness (QED) is 0.768. The van der Waals surface area contributed by atoms with Gasteiger partial charge < -0.3 is 14.8 Å². The van der Waals surface area contributed by atoms with E-state index >= 15 is 0 Å². The van der Waals surface area contributed by atoms with E-state index in [1.165, 1.54) is 10.9 Å². The number of ether oxygens (including phenoxy) is 2. The fourth-order valence-corrected chi connectivity index (χ4v) is 2.50. The maximum atomic E-state index is 12.3. The molecular formula is C19H25N3O4. The van der Waals surface area contributed by atoms with E-state index in [0.29, 0.717) is 5.75 Å². The SMILES string of the molecule is CCOC(=O)c1cnn(C)c1NC(=O)COc1cc(C)ccc1C(C)C. The van der Waals surface area contributed by atoms with Crippen LogP contribution in [0.5, 0.6) is 5.75 Å². The highest BCUT2D eigenvalue weighted by molar-refractivity contribution is 6.00. The smallest absolute Gasteiger partial charge is 0.343 e. The third kappa shape index (κ3) is 4.62. The van der Waals surface area contributed by atoms with Crippen LogP contribution in [0.15, 0.2) is 24.4 Å². The molecule has 2 aromatic rings. The molecule has 0 saturated heterocycles. The highest BCUT2D eigenvalue weighted by Gasteiger charge is 2.19. The number of hydrogen-bond acceptors (Lipinski definition) is 5. The minimum absolute atomic E-state index is 0.170. The first-order chi connectivity index (χ1) is 12.3. The molecular weight excluding hydrogens is 334 g/mol. The summed E-state index contributed by atoms with van der Waals surface area (Å²) in [5.74, 6) is 0.338. The Kier molecular flexibility index (Phi) is 6.38. The summed E-state index contributed by atoms with van der Waals surface area (Å²) >= 11 is 0. The Bertz CT molecular complexity index is 796. The molecule has 7 heteroatoms. The minimum atomic E-state index is -0.530. The Morgan fingerprint density at radius 1 is 1.31 bits per heavy atom. The number of aromatic nitrogens is 2.